The number of carbonyl (C=O) groups is 1. The monoisotopic (exact) mass is 260 g/mol. The van der Waals surface area contributed by atoms with Gasteiger partial charge in [-0.15, -0.1) is 0 Å². The lowest BCUT2D eigenvalue weighted by Gasteiger charge is -2.21. The van der Waals surface area contributed by atoms with Gasteiger partial charge >= 0.3 is 5.97 Å². The molecule has 1 fully saturated rings. The molecule has 1 atom stereocenters. The minimum atomic E-state index is -0.766. The van der Waals surface area contributed by atoms with Gasteiger partial charge in [-0.05, 0) is 37.1 Å². The number of ether oxygens (including phenoxy) is 1. The number of rotatable bonds is 4. The Balaban J connectivity index is 2.15. The maximum absolute atomic E-state index is 11.1. The van der Waals surface area contributed by atoms with E-state index in [4.69, 9.17) is 15.1 Å². The first-order chi connectivity index (χ1) is 9.15. The number of carboxylic acids is 1. The summed E-state index contributed by atoms with van der Waals surface area (Å²) in [6.07, 6.45) is 1.60. The summed E-state index contributed by atoms with van der Waals surface area (Å²) in [6, 6.07) is 7.02. The van der Waals surface area contributed by atoms with Gasteiger partial charge in [0, 0.05) is 6.54 Å². The zero-order chi connectivity index (χ0) is 13.8. The van der Waals surface area contributed by atoms with Crippen LogP contribution in [-0.2, 0) is 11.3 Å². The SMILES string of the molecule is COc1cc(CN2CCCC2C(=O)O)ccc1C#N. The molecular formula is C14H16N2O3. The van der Waals surface area contributed by atoms with Gasteiger partial charge in [-0.2, -0.15) is 5.26 Å². The van der Waals surface area contributed by atoms with Crippen molar-refractivity contribution in [2.24, 2.45) is 0 Å². The van der Waals surface area contributed by atoms with Crippen molar-refractivity contribution in [3.8, 4) is 11.8 Å². The molecule has 1 unspecified atom stereocenters. The summed E-state index contributed by atoms with van der Waals surface area (Å²) >= 11 is 0. The number of carboxylic acid groups (broad SMARTS) is 1. The quantitative estimate of drug-likeness (QED) is 0.890. The molecule has 0 amide bonds. The van der Waals surface area contributed by atoms with Crippen molar-refractivity contribution >= 4 is 5.97 Å². The predicted molar refractivity (Wildman–Crippen MR) is 68.8 cm³/mol. The average molecular weight is 260 g/mol. The Morgan fingerprint density at radius 2 is 2.42 bits per heavy atom. The largest absolute Gasteiger partial charge is 0.495 e. The molecule has 0 aliphatic carbocycles. The smallest absolute Gasteiger partial charge is 0.320 e. The maximum atomic E-state index is 11.1. The van der Waals surface area contributed by atoms with E-state index < -0.39 is 12.0 Å². The molecule has 0 saturated carbocycles. The molecule has 2 rings (SSSR count). The van der Waals surface area contributed by atoms with Gasteiger partial charge in [0.2, 0.25) is 0 Å². The van der Waals surface area contributed by atoms with Crippen LogP contribution in [0.3, 0.4) is 0 Å². The van der Waals surface area contributed by atoms with Gasteiger partial charge in [-0.1, -0.05) is 6.07 Å². The molecule has 100 valence electrons. The van der Waals surface area contributed by atoms with Crippen molar-refractivity contribution in [1.82, 2.24) is 4.90 Å². The lowest BCUT2D eigenvalue weighted by Crippen LogP contribution is -2.35. The molecule has 0 bridgehead atoms. The third-order valence-electron chi connectivity index (χ3n) is 3.42. The minimum Gasteiger partial charge on any atom is -0.495 e. The van der Waals surface area contributed by atoms with Crippen molar-refractivity contribution in [2.45, 2.75) is 25.4 Å². The van der Waals surface area contributed by atoms with Crippen molar-refractivity contribution in [1.29, 1.82) is 5.26 Å². The summed E-state index contributed by atoms with van der Waals surface area (Å²) in [5.41, 5.74) is 1.45. The molecule has 0 radical (unpaired) electrons. The van der Waals surface area contributed by atoms with E-state index in [2.05, 4.69) is 6.07 Å². The third kappa shape index (κ3) is 2.85. The zero-order valence-electron chi connectivity index (χ0n) is 10.8. The third-order valence-corrected chi connectivity index (χ3v) is 3.42. The van der Waals surface area contributed by atoms with E-state index in [0.717, 1.165) is 18.5 Å². The summed E-state index contributed by atoms with van der Waals surface area (Å²) in [6.45, 7) is 1.36. The highest BCUT2D eigenvalue weighted by atomic mass is 16.5. The Hall–Kier alpha value is -2.06. The Morgan fingerprint density at radius 1 is 1.63 bits per heavy atom. The Bertz CT molecular complexity index is 522. The topological polar surface area (TPSA) is 73.6 Å². The maximum Gasteiger partial charge on any atom is 0.320 e. The van der Waals surface area contributed by atoms with Crippen LogP contribution in [0, 0.1) is 11.3 Å². The molecule has 1 aliphatic heterocycles. The van der Waals surface area contributed by atoms with Gasteiger partial charge in [0.15, 0.2) is 0 Å². The van der Waals surface area contributed by atoms with E-state index in [1.54, 1.807) is 12.1 Å². The van der Waals surface area contributed by atoms with Gasteiger partial charge in [0.25, 0.3) is 0 Å². The van der Waals surface area contributed by atoms with E-state index in [1.807, 2.05) is 11.0 Å². The molecule has 1 heterocycles. The van der Waals surface area contributed by atoms with Crippen LogP contribution in [0.25, 0.3) is 0 Å². The van der Waals surface area contributed by atoms with E-state index in [9.17, 15) is 4.79 Å². The Morgan fingerprint density at radius 3 is 3.05 bits per heavy atom. The molecule has 1 saturated heterocycles. The summed E-state index contributed by atoms with van der Waals surface area (Å²) in [5, 5.41) is 18.1. The minimum absolute atomic E-state index is 0.401. The van der Waals surface area contributed by atoms with Gasteiger partial charge in [-0.3, -0.25) is 9.69 Å². The van der Waals surface area contributed by atoms with Crippen LogP contribution < -0.4 is 4.74 Å². The fourth-order valence-corrected chi connectivity index (χ4v) is 2.46. The second-order valence-electron chi connectivity index (χ2n) is 4.61. The fourth-order valence-electron chi connectivity index (χ4n) is 2.46. The van der Waals surface area contributed by atoms with Gasteiger partial charge in [0.1, 0.15) is 17.9 Å². The normalized spacial score (nSPS) is 19.1. The molecule has 5 heteroatoms. The molecule has 1 aromatic rings. The highest BCUT2D eigenvalue weighted by molar-refractivity contribution is 5.73. The highest BCUT2D eigenvalue weighted by Crippen LogP contribution is 2.24. The number of hydrogen-bond acceptors (Lipinski definition) is 4. The summed E-state index contributed by atoms with van der Waals surface area (Å²) in [5.74, 6) is -0.232. The number of aliphatic carboxylic acids is 1. The van der Waals surface area contributed by atoms with E-state index in [-0.39, 0.29) is 0 Å². The molecule has 1 N–H and O–H groups in total. The van der Waals surface area contributed by atoms with E-state index >= 15 is 0 Å². The summed E-state index contributed by atoms with van der Waals surface area (Å²) in [7, 11) is 1.52. The van der Waals surface area contributed by atoms with Crippen LogP contribution in [-0.4, -0.2) is 35.7 Å². The van der Waals surface area contributed by atoms with Crippen LogP contribution in [0.2, 0.25) is 0 Å². The first kappa shape index (κ1) is 13.4. The van der Waals surface area contributed by atoms with Crippen molar-refractivity contribution in [3.05, 3.63) is 29.3 Å². The molecule has 5 nitrogen and oxygen atoms in total. The average Bonchev–Trinajstić information content (AvgIpc) is 2.87. The molecule has 19 heavy (non-hydrogen) atoms. The lowest BCUT2D eigenvalue weighted by atomic mass is 10.1. The first-order valence-corrected chi connectivity index (χ1v) is 6.19. The molecule has 1 aromatic carbocycles. The summed E-state index contributed by atoms with van der Waals surface area (Å²) < 4.78 is 5.16. The van der Waals surface area contributed by atoms with Gasteiger partial charge in [-0.25, -0.2) is 0 Å². The second kappa shape index (κ2) is 5.72. The van der Waals surface area contributed by atoms with E-state index in [0.29, 0.717) is 24.3 Å². The van der Waals surface area contributed by atoms with Crippen LogP contribution >= 0.6 is 0 Å². The number of benzene rings is 1. The molecule has 0 spiro atoms. The van der Waals surface area contributed by atoms with Gasteiger partial charge in [0.05, 0.1) is 12.7 Å². The van der Waals surface area contributed by atoms with Crippen molar-refractivity contribution in [2.75, 3.05) is 13.7 Å². The predicted octanol–water partition coefficient (Wildman–Crippen LogP) is 1.62. The molecular weight excluding hydrogens is 244 g/mol. The second-order valence-corrected chi connectivity index (χ2v) is 4.61. The number of hydrogen-bond donors (Lipinski definition) is 1. The lowest BCUT2D eigenvalue weighted by molar-refractivity contribution is -0.142. The molecule has 0 aromatic heterocycles. The van der Waals surface area contributed by atoms with Crippen LogP contribution in [0.4, 0.5) is 0 Å². The van der Waals surface area contributed by atoms with Crippen LogP contribution in [0.1, 0.15) is 24.0 Å². The fraction of sp³-hybridized carbons (Fsp3) is 0.429. The Kier molecular flexibility index (Phi) is 4.03. The van der Waals surface area contributed by atoms with Crippen molar-refractivity contribution < 1.29 is 14.6 Å². The molecule has 1 aliphatic rings. The highest BCUT2D eigenvalue weighted by Gasteiger charge is 2.30. The first-order valence-electron chi connectivity index (χ1n) is 6.19. The standard InChI is InChI=1S/C14H16N2O3/c1-19-13-7-10(4-5-11(13)8-15)9-16-6-2-3-12(16)14(17)18/h4-5,7,12H,2-3,6,9H2,1H3,(H,17,18). The van der Waals surface area contributed by atoms with Crippen LogP contribution in [0.5, 0.6) is 5.75 Å². The van der Waals surface area contributed by atoms with Crippen LogP contribution in [0.15, 0.2) is 18.2 Å². The van der Waals surface area contributed by atoms with E-state index in [1.165, 1.54) is 7.11 Å². The summed E-state index contributed by atoms with van der Waals surface area (Å²) in [4.78, 5) is 13.1. The van der Waals surface area contributed by atoms with Crippen molar-refractivity contribution in [3.63, 3.8) is 0 Å². The number of methoxy groups -OCH3 is 1. The number of nitriles is 1. The zero-order valence-corrected chi connectivity index (χ0v) is 10.8. The van der Waals surface area contributed by atoms with Gasteiger partial charge < -0.3 is 9.84 Å². The Labute approximate surface area is 112 Å². The number of likely N-dealkylation sites (tertiary alicyclic amines) is 1. The number of nitrogens with zero attached hydrogens (tertiary/aromatic N) is 2.